The molecule has 1 saturated heterocycles. The second-order valence-electron chi connectivity index (χ2n) is 5.52. The quantitative estimate of drug-likeness (QED) is 0.737. The Kier molecular flexibility index (Phi) is 5.01. The second-order valence-corrected chi connectivity index (χ2v) is 5.52. The molecule has 2 rings (SSSR count). The van der Waals surface area contributed by atoms with Crippen LogP contribution in [-0.4, -0.2) is 60.5 Å². The van der Waals surface area contributed by atoms with Gasteiger partial charge in [0, 0.05) is 31.7 Å². The summed E-state index contributed by atoms with van der Waals surface area (Å²) in [4.78, 5) is 16.5. The largest absolute Gasteiger partial charge is 0.342 e. The number of carbonyl (C=O) groups is 1. The molecule has 0 bridgehead atoms. The molecule has 4 heteroatoms. The highest BCUT2D eigenvalue weighted by molar-refractivity contribution is 5.78. The zero-order chi connectivity index (χ0) is 13.0. The normalized spacial score (nSPS) is 23.6. The summed E-state index contributed by atoms with van der Waals surface area (Å²) in [5.74, 6) is 0.296. The monoisotopic (exact) mass is 253 g/mol. The van der Waals surface area contributed by atoms with Gasteiger partial charge in [-0.2, -0.15) is 0 Å². The molecule has 0 aromatic carbocycles. The van der Waals surface area contributed by atoms with Crippen molar-refractivity contribution in [3.05, 3.63) is 0 Å². The van der Waals surface area contributed by atoms with Gasteiger partial charge in [-0.05, 0) is 46.1 Å². The third kappa shape index (κ3) is 3.69. The summed E-state index contributed by atoms with van der Waals surface area (Å²) in [5.41, 5.74) is 0. The Morgan fingerprint density at radius 2 is 1.94 bits per heavy atom. The van der Waals surface area contributed by atoms with Crippen LogP contribution in [0.15, 0.2) is 0 Å². The van der Waals surface area contributed by atoms with E-state index in [1.165, 1.54) is 25.7 Å². The number of hydrogen-bond acceptors (Lipinski definition) is 3. The van der Waals surface area contributed by atoms with Crippen molar-refractivity contribution in [1.29, 1.82) is 0 Å². The lowest BCUT2D eigenvalue weighted by Gasteiger charge is -2.28. The minimum absolute atomic E-state index is 0.296. The zero-order valence-electron chi connectivity index (χ0n) is 11.8. The number of hydrogen-bond donors (Lipinski definition) is 1. The van der Waals surface area contributed by atoms with E-state index in [1.807, 2.05) is 4.90 Å². The summed E-state index contributed by atoms with van der Waals surface area (Å²) < 4.78 is 0. The van der Waals surface area contributed by atoms with Crippen molar-refractivity contribution in [2.45, 2.75) is 51.6 Å². The van der Waals surface area contributed by atoms with E-state index in [-0.39, 0.29) is 0 Å². The SMILES string of the molecule is CCN(CC)C(=O)CN(CC1CCCN1)C1CC1. The average molecular weight is 253 g/mol. The maximum absolute atomic E-state index is 12.2. The molecule has 1 amide bonds. The Bertz CT molecular complexity index is 268. The van der Waals surface area contributed by atoms with Gasteiger partial charge in [-0.15, -0.1) is 0 Å². The Morgan fingerprint density at radius 1 is 1.22 bits per heavy atom. The standard InChI is InChI=1S/C14H27N3O/c1-3-16(4-2)14(18)11-17(13-7-8-13)10-12-6-5-9-15-12/h12-13,15H,3-11H2,1-2H3. The van der Waals surface area contributed by atoms with Gasteiger partial charge in [-0.3, -0.25) is 9.69 Å². The molecule has 0 aromatic heterocycles. The molecule has 0 aromatic rings. The van der Waals surface area contributed by atoms with Gasteiger partial charge in [-0.25, -0.2) is 0 Å². The lowest BCUT2D eigenvalue weighted by molar-refractivity contribution is -0.132. The molecular weight excluding hydrogens is 226 g/mol. The van der Waals surface area contributed by atoms with Crippen LogP contribution in [0.1, 0.15) is 39.5 Å². The molecule has 2 aliphatic rings. The van der Waals surface area contributed by atoms with E-state index in [4.69, 9.17) is 0 Å². The van der Waals surface area contributed by atoms with E-state index in [1.54, 1.807) is 0 Å². The lowest BCUT2D eigenvalue weighted by atomic mass is 10.2. The van der Waals surface area contributed by atoms with Crippen LogP contribution in [0.3, 0.4) is 0 Å². The van der Waals surface area contributed by atoms with Crippen LogP contribution in [0.2, 0.25) is 0 Å². The molecule has 1 aliphatic carbocycles. The van der Waals surface area contributed by atoms with Crippen molar-refractivity contribution >= 4 is 5.91 Å². The molecule has 0 radical (unpaired) electrons. The summed E-state index contributed by atoms with van der Waals surface area (Å²) in [5, 5.41) is 3.53. The lowest BCUT2D eigenvalue weighted by Crippen LogP contribution is -2.45. The molecule has 0 spiro atoms. The first kappa shape index (κ1) is 13.8. The van der Waals surface area contributed by atoms with Crippen molar-refractivity contribution < 1.29 is 4.79 Å². The number of carbonyl (C=O) groups excluding carboxylic acids is 1. The van der Waals surface area contributed by atoms with E-state index >= 15 is 0 Å². The molecule has 104 valence electrons. The van der Waals surface area contributed by atoms with Gasteiger partial charge in [-0.1, -0.05) is 0 Å². The van der Waals surface area contributed by atoms with Crippen LogP contribution < -0.4 is 5.32 Å². The van der Waals surface area contributed by atoms with Gasteiger partial charge < -0.3 is 10.2 Å². The fourth-order valence-corrected chi connectivity index (χ4v) is 2.83. The Morgan fingerprint density at radius 3 is 2.44 bits per heavy atom. The summed E-state index contributed by atoms with van der Waals surface area (Å²) in [6.45, 7) is 8.59. The van der Waals surface area contributed by atoms with Gasteiger partial charge in [0.15, 0.2) is 0 Å². The smallest absolute Gasteiger partial charge is 0.236 e. The van der Waals surface area contributed by atoms with E-state index < -0.39 is 0 Å². The molecule has 4 nitrogen and oxygen atoms in total. The van der Waals surface area contributed by atoms with E-state index in [2.05, 4.69) is 24.1 Å². The van der Waals surface area contributed by atoms with Gasteiger partial charge in [0.1, 0.15) is 0 Å². The van der Waals surface area contributed by atoms with E-state index in [0.717, 1.165) is 26.2 Å². The van der Waals surface area contributed by atoms with Crippen LogP contribution in [0.4, 0.5) is 0 Å². The van der Waals surface area contributed by atoms with Crippen molar-refractivity contribution in [1.82, 2.24) is 15.1 Å². The van der Waals surface area contributed by atoms with Crippen LogP contribution >= 0.6 is 0 Å². The highest BCUT2D eigenvalue weighted by atomic mass is 16.2. The van der Waals surface area contributed by atoms with Crippen molar-refractivity contribution in [3.63, 3.8) is 0 Å². The minimum atomic E-state index is 0.296. The number of rotatable bonds is 7. The van der Waals surface area contributed by atoms with Gasteiger partial charge in [0.25, 0.3) is 0 Å². The molecule has 1 atom stereocenters. The molecule has 1 N–H and O–H groups in total. The molecule has 2 fully saturated rings. The number of nitrogens with one attached hydrogen (secondary N) is 1. The molecule has 1 unspecified atom stereocenters. The van der Waals surface area contributed by atoms with Gasteiger partial charge in [0.05, 0.1) is 6.54 Å². The van der Waals surface area contributed by atoms with E-state index in [9.17, 15) is 4.79 Å². The number of nitrogens with zero attached hydrogens (tertiary/aromatic N) is 2. The highest BCUT2D eigenvalue weighted by Crippen LogP contribution is 2.27. The predicted octanol–water partition coefficient (Wildman–Crippen LogP) is 1.07. The van der Waals surface area contributed by atoms with Crippen molar-refractivity contribution in [2.24, 2.45) is 0 Å². The summed E-state index contributed by atoms with van der Waals surface area (Å²) >= 11 is 0. The van der Waals surface area contributed by atoms with Crippen molar-refractivity contribution in [3.8, 4) is 0 Å². The van der Waals surface area contributed by atoms with Crippen molar-refractivity contribution in [2.75, 3.05) is 32.7 Å². The average Bonchev–Trinajstić information content (AvgIpc) is 3.09. The highest BCUT2D eigenvalue weighted by Gasteiger charge is 2.32. The van der Waals surface area contributed by atoms with Gasteiger partial charge in [0.2, 0.25) is 5.91 Å². The first-order valence-electron chi connectivity index (χ1n) is 7.49. The topological polar surface area (TPSA) is 35.6 Å². The van der Waals surface area contributed by atoms with E-state index in [0.29, 0.717) is 24.5 Å². The molecule has 18 heavy (non-hydrogen) atoms. The minimum Gasteiger partial charge on any atom is -0.342 e. The van der Waals surface area contributed by atoms with Crippen LogP contribution in [0.5, 0.6) is 0 Å². The molecule has 1 saturated carbocycles. The van der Waals surface area contributed by atoms with Crippen LogP contribution in [0, 0.1) is 0 Å². The fourth-order valence-electron chi connectivity index (χ4n) is 2.83. The number of likely N-dealkylation sites (N-methyl/N-ethyl adjacent to an activating group) is 1. The molecule has 1 aliphatic heterocycles. The zero-order valence-corrected chi connectivity index (χ0v) is 11.8. The second kappa shape index (κ2) is 6.53. The predicted molar refractivity (Wildman–Crippen MR) is 73.5 cm³/mol. The summed E-state index contributed by atoms with van der Waals surface area (Å²) in [7, 11) is 0. The van der Waals surface area contributed by atoms with Crippen LogP contribution in [0.25, 0.3) is 0 Å². The van der Waals surface area contributed by atoms with Crippen LogP contribution in [-0.2, 0) is 4.79 Å². The first-order valence-corrected chi connectivity index (χ1v) is 7.49. The fraction of sp³-hybridized carbons (Fsp3) is 0.929. The third-order valence-corrected chi connectivity index (χ3v) is 4.14. The summed E-state index contributed by atoms with van der Waals surface area (Å²) in [6, 6.07) is 1.28. The summed E-state index contributed by atoms with van der Waals surface area (Å²) in [6.07, 6.45) is 5.10. The van der Waals surface area contributed by atoms with Gasteiger partial charge >= 0.3 is 0 Å². The maximum atomic E-state index is 12.2. The Balaban J connectivity index is 1.83. The molecule has 1 heterocycles. The maximum Gasteiger partial charge on any atom is 0.236 e. The first-order chi connectivity index (χ1) is 8.74. The number of amides is 1. The Labute approximate surface area is 111 Å². The third-order valence-electron chi connectivity index (χ3n) is 4.14. The molecular formula is C14H27N3O. The Hall–Kier alpha value is -0.610.